The first-order valence-corrected chi connectivity index (χ1v) is 13.0. The zero-order valence-electron chi connectivity index (χ0n) is 21.8. The van der Waals surface area contributed by atoms with Gasteiger partial charge in [0.2, 0.25) is 5.91 Å². The predicted octanol–water partition coefficient (Wildman–Crippen LogP) is 5.74. The molecule has 190 valence electrons. The minimum absolute atomic E-state index is 0.0560. The third kappa shape index (κ3) is 4.86. The van der Waals surface area contributed by atoms with E-state index in [1.165, 1.54) is 19.3 Å². The molecule has 1 amide bonds. The number of ether oxygens (including phenoxy) is 1. The van der Waals surface area contributed by atoms with E-state index in [9.17, 15) is 9.59 Å². The Morgan fingerprint density at radius 3 is 2.33 bits per heavy atom. The highest BCUT2D eigenvalue weighted by molar-refractivity contribution is 5.93. The highest BCUT2D eigenvalue weighted by atomic mass is 16.5. The summed E-state index contributed by atoms with van der Waals surface area (Å²) in [7, 11) is 1.64. The average molecular weight is 488 g/mol. The van der Waals surface area contributed by atoms with E-state index in [1.807, 2.05) is 48.5 Å². The number of nitrogens with one attached hydrogen (secondary N) is 2. The van der Waals surface area contributed by atoms with Crippen LogP contribution in [0.3, 0.4) is 0 Å². The minimum Gasteiger partial charge on any atom is -0.497 e. The molecule has 3 aromatic rings. The molecule has 2 bridgehead atoms. The lowest BCUT2D eigenvalue weighted by Gasteiger charge is -2.49. The van der Waals surface area contributed by atoms with Gasteiger partial charge in [-0.15, -0.1) is 0 Å². The molecule has 5 rings (SSSR count). The maximum absolute atomic E-state index is 13.4. The Bertz CT molecular complexity index is 1310. The summed E-state index contributed by atoms with van der Waals surface area (Å²) in [6.45, 7) is 7.31. The molecule has 1 aromatic heterocycles. The molecule has 36 heavy (non-hydrogen) atoms. The Morgan fingerprint density at radius 1 is 0.972 bits per heavy atom. The monoisotopic (exact) mass is 487 g/mol. The molecule has 0 saturated heterocycles. The van der Waals surface area contributed by atoms with Crippen LogP contribution in [0, 0.1) is 22.7 Å². The van der Waals surface area contributed by atoms with Crippen molar-refractivity contribution in [2.75, 3.05) is 12.5 Å². The van der Waals surface area contributed by atoms with Crippen molar-refractivity contribution in [3.63, 3.8) is 0 Å². The van der Waals surface area contributed by atoms with Crippen LogP contribution in [0.5, 0.6) is 5.75 Å². The first-order chi connectivity index (χ1) is 17.2. The summed E-state index contributed by atoms with van der Waals surface area (Å²) < 4.78 is 7.00. The number of amides is 1. The summed E-state index contributed by atoms with van der Waals surface area (Å²) in [6.07, 6.45) is 5.55. The largest absolute Gasteiger partial charge is 0.497 e. The lowest BCUT2D eigenvalue weighted by atomic mass is 9.56. The predicted molar refractivity (Wildman–Crippen MR) is 144 cm³/mol. The van der Waals surface area contributed by atoms with Crippen LogP contribution in [-0.4, -0.2) is 17.6 Å². The molecule has 1 heterocycles. The van der Waals surface area contributed by atoms with Gasteiger partial charge in [0.25, 0.3) is 5.56 Å². The maximum Gasteiger partial charge on any atom is 0.251 e. The number of rotatable bonds is 6. The molecule has 2 aromatic carbocycles. The quantitative estimate of drug-likeness (QED) is 0.435. The average Bonchev–Trinajstić information content (AvgIpc) is 2.83. The summed E-state index contributed by atoms with van der Waals surface area (Å²) in [5, 5.41) is 0.887. The Hall–Kier alpha value is -3.28. The van der Waals surface area contributed by atoms with Crippen molar-refractivity contribution in [3.05, 3.63) is 70.5 Å². The van der Waals surface area contributed by atoms with E-state index in [1.54, 1.807) is 17.7 Å². The number of hydrazine groups is 1. The van der Waals surface area contributed by atoms with E-state index in [4.69, 9.17) is 4.74 Å². The topological polar surface area (TPSA) is 72.4 Å². The van der Waals surface area contributed by atoms with Gasteiger partial charge in [0.15, 0.2) is 0 Å². The third-order valence-electron chi connectivity index (χ3n) is 8.22. The number of benzene rings is 2. The van der Waals surface area contributed by atoms with Crippen molar-refractivity contribution in [2.45, 2.75) is 59.4 Å². The third-order valence-corrected chi connectivity index (χ3v) is 8.22. The zero-order valence-corrected chi connectivity index (χ0v) is 21.8. The molecular weight excluding hydrogens is 450 g/mol. The Morgan fingerprint density at radius 2 is 1.67 bits per heavy atom. The molecule has 0 aliphatic heterocycles. The number of aromatic nitrogens is 1. The first-order valence-electron chi connectivity index (χ1n) is 13.0. The van der Waals surface area contributed by atoms with Gasteiger partial charge in [-0.25, -0.2) is 0 Å². The lowest BCUT2D eigenvalue weighted by Crippen LogP contribution is -2.48. The number of hydrogen-bond donors (Lipinski definition) is 2. The smallest absolute Gasteiger partial charge is 0.251 e. The van der Waals surface area contributed by atoms with Crippen LogP contribution >= 0.6 is 0 Å². The lowest BCUT2D eigenvalue weighted by molar-refractivity contribution is -0.135. The minimum atomic E-state index is -0.363. The van der Waals surface area contributed by atoms with Crippen LogP contribution in [-0.2, 0) is 11.3 Å². The fraction of sp³-hybridized carbons (Fsp3) is 0.467. The highest BCUT2D eigenvalue weighted by Gasteiger charge is 2.47. The molecule has 6 heteroatoms. The number of anilines is 1. The van der Waals surface area contributed by atoms with Gasteiger partial charge in [-0.2, -0.15) is 0 Å². The first kappa shape index (κ1) is 24.4. The molecule has 2 unspecified atom stereocenters. The standard InChI is InChI=1S/C30H37N3O3/c1-29(2)15-21-14-22(16-29)18-30(3,17-21)28(35)32-31-25-6-5-7-26-24(25)12-13-27(34)33(26)19-20-8-10-23(36-4)11-9-20/h5-13,21-22,31H,14-19H2,1-4H3,(H,32,35). The van der Waals surface area contributed by atoms with Crippen LogP contribution < -0.4 is 21.1 Å². The number of fused-ring (bicyclic) bond motifs is 3. The fourth-order valence-corrected chi connectivity index (χ4v) is 6.93. The molecule has 2 saturated carbocycles. The van der Waals surface area contributed by atoms with Crippen LogP contribution in [0.1, 0.15) is 58.4 Å². The highest BCUT2D eigenvalue weighted by Crippen LogP contribution is 2.54. The summed E-state index contributed by atoms with van der Waals surface area (Å²) >= 11 is 0. The van der Waals surface area contributed by atoms with Gasteiger partial charge in [0.05, 0.1) is 24.9 Å². The second kappa shape index (κ2) is 9.30. The van der Waals surface area contributed by atoms with Crippen molar-refractivity contribution in [2.24, 2.45) is 22.7 Å². The van der Waals surface area contributed by atoms with Crippen molar-refractivity contribution >= 4 is 22.5 Å². The Labute approximate surface area is 213 Å². The van der Waals surface area contributed by atoms with Crippen LogP contribution in [0.4, 0.5) is 5.69 Å². The van der Waals surface area contributed by atoms with Gasteiger partial charge in [-0.1, -0.05) is 39.0 Å². The maximum atomic E-state index is 13.4. The van der Waals surface area contributed by atoms with Gasteiger partial charge >= 0.3 is 0 Å². The molecule has 6 nitrogen and oxygen atoms in total. The van der Waals surface area contributed by atoms with E-state index in [0.29, 0.717) is 23.8 Å². The van der Waals surface area contributed by atoms with Gasteiger partial charge < -0.3 is 9.30 Å². The Kier molecular flexibility index (Phi) is 6.31. The SMILES string of the molecule is COc1ccc(Cn2c(=O)ccc3c(NNC(=O)C4(C)CC5CC(CC(C)(C)C5)C4)cccc32)cc1. The van der Waals surface area contributed by atoms with Crippen molar-refractivity contribution in [1.29, 1.82) is 0 Å². The number of carbonyl (C=O) groups excluding carboxylic acids is 1. The molecule has 2 aliphatic rings. The number of pyridine rings is 1. The van der Waals surface area contributed by atoms with Gasteiger partial charge in [-0.05, 0) is 85.3 Å². The second-order valence-corrected chi connectivity index (χ2v) is 11.9. The molecule has 0 radical (unpaired) electrons. The van der Waals surface area contributed by atoms with Gasteiger partial charge in [0.1, 0.15) is 5.75 Å². The van der Waals surface area contributed by atoms with Crippen molar-refractivity contribution < 1.29 is 9.53 Å². The molecule has 2 N–H and O–H groups in total. The van der Waals surface area contributed by atoms with E-state index < -0.39 is 0 Å². The number of methoxy groups -OCH3 is 1. The molecule has 2 aliphatic carbocycles. The summed E-state index contributed by atoms with van der Waals surface area (Å²) in [6, 6.07) is 16.9. The van der Waals surface area contributed by atoms with E-state index in [2.05, 4.69) is 31.6 Å². The number of nitrogens with zero attached hydrogens (tertiary/aromatic N) is 1. The number of carbonyl (C=O) groups is 1. The number of hydrogen-bond acceptors (Lipinski definition) is 4. The van der Waals surface area contributed by atoms with Gasteiger partial charge in [-0.3, -0.25) is 20.4 Å². The fourth-order valence-electron chi connectivity index (χ4n) is 6.93. The zero-order chi connectivity index (χ0) is 25.5. The molecule has 0 spiro atoms. The van der Waals surface area contributed by atoms with E-state index >= 15 is 0 Å². The second-order valence-electron chi connectivity index (χ2n) is 11.9. The Balaban J connectivity index is 1.34. The van der Waals surface area contributed by atoms with Crippen molar-refractivity contribution in [1.82, 2.24) is 9.99 Å². The van der Waals surface area contributed by atoms with E-state index in [0.717, 1.165) is 40.7 Å². The van der Waals surface area contributed by atoms with Gasteiger partial charge in [0, 0.05) is 16.9 Å². The summed E-state index contributed by atoms with van der Waals surface area (Å²) in [5.74, 6) is 2.08. The molecule has 2 atom stereocenters. The van der Waals surface area contributed by atoms with E-state index in [-0.39, 0.29) is 16.9 Å². The summed E-state index contributed by atoms with van der Waals surface area (Å²) in [4.78, 5) is 26.2. The van der Waals surface area contributed by atoms with Crippen LogP contribution in [0.15, 0.2) is 59.4 Å². The van der Waals surface area contributed by atoms with Crippen LogP contribution in [0.25, 0.3) is 10.9 Å². The van der Waals surface area contributed by atoms with Crippen LogP contribution in [0.2, 0.25) is 0 Å². The molecular formula is C30H37N3O3. The van der Waals surface area contributed by atoms with Crippen molar-refractivity contribution in [3.8, 4) is 5.75 Å². The molecule has 2 fully saturated rings. The summed E-state index contributed by atoms with van der Waals surface area (Å²) in [5.41, 5.74) is 8.77. The normalized spacial score (nSPS) is 24.8.